The zero-order valence-corrected chi connectivity index (χ0v) is 14.8. The lowest BCUT2D eigenvalue weighted by Gasteiger charge is -2.16. The quantitative estimate of drug-likeness (QED) is 0.626. The first-order valence-corrected chi connectivity index (χ1v) is 7.99. The normalized spacial score (nSPS) is 10.9. The summed E-state index contributed by atoms with van der Waals surface area (Å²) >= 11 is 0. The zero-order valence-electron chi connectivity index (χ0n) is 14.8. The van der Waals surface area contributed by atoms with Gasteiger partial charge in [0.25, 0.3) is 11.6 Å². The van der Waals surface area contributed by atoms with Crippen molar-refractivity contribution in [3.05, 3.63) is 64.2 Å². The van der Waals surface area contributed by atoms with E-state index in [1.807, 2.05) is 20.8 Å². The van der Waals surface area contributed by atoms with Crippen LogP contribution in [0.4, 0.5) is 11.4 Å². The molecular formula is C19H20N2O5. The lowest BCUT2D eigenvalue weighted by atomic mass is 9.91. The van der Waals surface area contributed by atoms with Crippen molar-refractivity contribution in [3.8, 4) is 5.75 Å². The minimum atomic E-state index is -0.523. The molecule has 0 aliphatic rings. The first-order chi connectivity index (χ1) is 12.2. The number of non-ortho nitro benzene ring substituents is 1. The van der Waals surface area contributed by atoms with E-state index in [-0.39, 0.29) is 24.0 Å². The zero-order chi connectivity index (χ0) is 19.3. The summed E-state index contributed by atoms with van der Waals surface area (Å²) in [4.78, 5) is 34.1. The SMILES string of the molecule is CC(C)(C)C(=O)COc1ccc(NC(=O)c2ccc([N+](=O)[O-])cc2)cc1. The smallest absolute Gasteiger partial charge is 0.269 e. The Hall–Kier alpha value is -3.22. The van der Waals surface area contributed by atoms with Gasteiger partial charge >= 0.3 is 0 Å². The molecule has 0 atom stereocenters. The predicted octanol–water partition coefficient (Wildman–Crippen LogP) is 3.84. The Labute approximate surface area is 151 Å². The van der Waals surface area contributed by atoms with Gasteiger partial charge in [0.15, 0.2) is 5.78 Å². The van der Waals surface area contributed by atoms with E-state index in [9.17, 15) is 19.7 Å². The molecule has 0 bridgehead atoms. The molecular weight excluding hydrogens is 336 g/mol. The molecule has 1 amide bonds. The van der Waals surface area contributed by atoms with Crippen molar-refractivity contribution >= 4 is 23.1 Å². The Bertz CT molecular complexity index is 805. The Morgan fingerprint density at radius 3 is 2.12 bits per heavy atom. The maximum absolute atomic E-state index is 12.1. The number of hydrogen-bond donors (Lipinski definition) is 1. The van der Waals surface area contributed by atoms with Gasteiger partial charge in [0, 0.05) is 28.8 Å². The largest absolute Gasteiger partial charge is 0.486 e. The molecule has 1 N–H and O–H groups in total. The van der Waals surface area contributed by atoms with Gasteiger partial charge in [-0.05, 0) is 36.4 Å². The van der Waals surface area contributed by atoms with E-state index < -0.39 is 10.3 Å². The Morgan fingerprint density at radius 1 is 1.04 bits per heavy atom. The number of anilines is 1. The molecule has 26 heavy (non-hydrogen) atoms. The van der Waals surface area contributed by atoms with Crippen LogP contribution in [0.2, 0.25) is 0 Å². The van der Waals surface area contributed by atoms with Gasteiger partial charge in [-0.15, -0.1) is 0 Å². The summed E-state index contributed by atoms with van der Waals surface area (Å²) in [5.41, 5.74) is 0.320. The minimum Gasteiger partial charge on any atom is -0.486 e. The van der Waals surface area contributed by atoms with Gasteiger partial charge in [-0.1, -0.05) is 20.8 Å². The summed E-state index contributed by atoms with van der Waals surface area (Å²) in [5, 5.41) is 13.3. The third kappa shape index (κ3) is 5.14. The molecule has 2 rings (SSSR count). The average molecular weight is 356 g/mol. The Kier molecular flexibility index (Phi) is 5.71. The maximum atomic E-state index is 12.1. The van der Waals surface area contributed by atoms with Gasteiger partial charge in [-0.2, -0.15) is 0 Å². The van der Waals surface area contributed by atoms with E-state index in [4.69, 9.17) is 4.74 Å². The van der Waals surface area contributed by atoms with Crippen LogP contribution in [0.1, 0.15) is 31.1 Å². The molecule has 0 spiro atoms. The van der Waals surface area contributed by atoms with Crippen molar-refractivity contribution in [2.75, 3.05) is 11.9 Å². The summed E-state index contributed by atoms with van der Waals surface area (Å²) in [5.74, 6) is 0.139. The standard InChI is InChI=1S/C19H20N2O5/c1-19(2,3)17(22)12-26-16-10-6-14(7-11-16)20-18(23)13-4-8-15(9-5-13)21(24)25/h4-11H,12H2,1-3H3,(H,20,23). The molecule has 2 aromatic rings. The highest BCUT2D eigenvalue weighted by Crippen LogP contribution is 2.19. The van der Waals surface area contributed by atoms with Crippen LogP contribution in [0.5, 0.6) is 5.75 Å². The third-order valence-corrected chi connectivity index (χ3v) is 3.66. The van der Waals surface area contributed by atoms with Gasteiger partial charge in [0.1, 0.15) is 12.4 Å². The molecule has 7 heteroatoms. The fourth-order valence-corrected chi connectivity index (χ4v) is 1.94. The first kappa shape index (κ1) is 19.1. The fourth-order valence-electron chi connectivity index (χ4n) is 1.94. The number of hydrogen-bond acceptors (Lipinski definition) is 5. The minimum absolute atomic E-state index is 0.00643. The Balaban J connectivity index is 1.95. The van der Waals surface area contributed by atoms with Crippen molar-refractivity contribution in [3.63, 3.8) is 0 Å². The number of nitro groups is 1. The van der Waals surface area contributed by atoms with Crippen molar-refractivity contribution in [2.45, 2.75) is 20.8 Å². The second-order valence-corrected chi connectivity index (χ2v) is 6.74. The third-order valence-electron chi connectivity index (χ3n) is 3.66. The van der Waals surface area contributed by atoms with Crippen LogP contribution in [0.15, 0.2) is 48.5 Å². The van der Waals surface area contributed by atoms with Crippen LogP contribution in [-0.4, -0.2) is 23.2 Å². The number of carbonyl (C=O) groups is 2. The number of Topliss-reactive ketones (excluding diaryl/α,β-unsaturated/α-hetero) is 1. The molecule has 7 nitrogen and oxygen atoms in total. The van der Waals surface area contributed by atoms with Crippen molar-refractivity contribution in [2.24, 2.45) is 5.41 Å². The van der Waals surface area contributed by atoms with Gasteiger partial charge < -0.3 is 10.1 Å². The van der Waals surface area contributed by atoms with Crippen molar-refractivity contribution < 1.29 is 19.2 Å². The number of nitro benzene ring substituents is 1. The van der Waals surface area contributed by atoms with Gasteiger partial charge in [0.05, 0.1) is 4.92 Å². The number of nitrogens with zero attached hydrogens (tertiary/aromatic N) is 1. The lowest BCUT2D eigenvalue weighted by molar-refractivity contribution is -0.384. The summed E-state index contributed by atoms with van der Waals surface area (Å²) in [6.45, 7) is 5.47. The van der Waals surface area contributed by atoms with E-state index in [0.717, 1.165) is 0 Å². The monoisotopic (exact) mass is 356 g/mol. The number of rotatable bonds is 6. The molecule has 0 aromatic heterocycles. The topological polar surface area (TPSA) is 98.5 Å². The van der Waals surface area contributed by atoms with Crippen molar-refractivity contribution in [1.82, 2.24) is 0 Å². The Morgan fingerprint density at radius 2 is 1.62 bits per heavy atom. The molecule has 0 unspecified atom stereocenters. The molecule has 0 aliphatic carbocycles. The fraction of sp³-hybridized carbons (Fsp3) is 0.263. The number of carbonyl (C=O) groups excluding carboxylic acids is 2. The predicted molar refractivity (Wildman–Crippen MR) is 97.4 cm³/mol. The summed E-state index contributed by atoms with van der Waals surface area (Å²) in [6, 6.07) is 11.9. The molecule has 0 radical (unpaired) electrons. The molecule has 136 valence electrons. The molecule has 0 aliphatic heterocycles. The number of benzene rings is 2. The number of ketones is 1. The van der Waals surface area contributed by atoms with Crippen LogP contribution >= 0.6 is 0 Å². The summed E-state index contributed by atoms with van der Waals surface area (Å²) in [6.07, 6.45) is 0. The number of amides is 1. The second kappa shape index (κ2) is 7.77. The average Bonchev–Trinajstić information content (AvgIpc) is 2.60. The molecule has 0 saturated carbocycles. The first-order valence-electron chi connectivity index (χ1n) is 7.99. The molecule has 0 heterocycles. The van der Waals surface area contributed by atoms with E-state index in [1.54, 1.807) is 24.3 Å². The van der Waals surface area contributed by atoms with E-state index in [2.05, 4.69) is 5.32 Å². The highest BCUT2D eigenvalue weighted by molar-refractivity contribution is 6.04. The van der Waals surface area contributed by atoms with E-state index >= 15 is 0 Å². The van der Waals surface area contributed by atoms with Crippen molar-refractivity contribution in [1.29, 1.82) is 0 Å². The van der Waals surface area contributed by atoms with Gasteiger partial charge in [-0.25, -0.2) is 0 Å². The van der Waals surface area contributed by atoms with Crippen LogP contribution in [-0.2, 0) is 4.79 Å². The van der Waals surface area contributed by atoms with E-state index in [0.29, 0.717) is 17.0 Å². The molecule has 0 saturated heterocycles. The maximum Gasteiger partial charge on any atom is 0.269 e. The van der Waals surface area contributed by atoms with Crippen LogP contribution in [0.25, 0.3) is 0 Å². The summed E-state index contributed by atoms with van der Waals surface area (Å²) < 4.78 is 5.45. The highest BCUT2D eigenvalue weighted by Gasteiger charge is 2.21. The number of nitrogens with one attached hydrogen (secondary N) is 1. The summed E-state index contributed by atoms with van der Waals surface area (Å²) in [7, 11) is 0. The van der Waals surface area contributed by atoms with Crippen LogP contribution in [0.3, 0.4) is 0 Å². The van der Waals surface area contributed by atoms with Gasteiger partial charge in [-0.3, -0.25) is 19.7 Å². The lowest BCUT2D eigenvalue weighted by Crippen LogP contribution is -2.26. The van der Waals surface area contributed by atoms with E-state index in [1.165, 1.54) is 24.3 Å². The van der Waals surface area contributed by atoms with Gasteiger partial charge in [0.2, 0.25) is 0 Å². The molecule has 0 fully saturated rings. The van der Waals surface area contributed by atoms with Crippen LogP contribution in [0, 0.1) is 15.5 Å². The molecule has 2 aromatic carbocycles. The highest BCUT2D eigenvalue weighted by atomic mass is 16.6. The number of ether oxygens (including phenoxy) is 1. The second-order valence-electron chi connectivity index (χ2n) is 6.74. The van der Waals surface area contributed by atoms with Crippen LogP contribution < -0.4 is 10.1 Å².